The van der Waals surface area contributed by atoms with E-state index in [-0.39, 0.29) is 5.78 Å². The normalized spacial score (nSPS) is 20.3. The number of nitrogens with one attached hydrogen (secondary N) is 2. The summed E-state index contributed by atoms with van der Waals surface area (Å²) in [6.45, 7) is 0. The molecule has 0 fully saturated rings. The Morgan fingerprint density at radius 3 is 3.04 bits per heavy atom. The predicted octanol–water partition coefficient (Wildman–Crippen LogP) is 2.59. The molecule has 1 heterocycles. The molecule has 0 spiro atoms. The number of carbonyl (C=O) groups excluding carboxylic acids is 2. The highest BCUT2D eigenvalue weighted by Crippen LogP contribution is 2.24. The fourth-order valence-electron chi connectivity index (χ4n) is 2.82. The monoisotopic (exact) mass is 316 g/mol. The molecule has 6 heteroatoms. The molecule has 0 aromatic carbocycles. The maximum atomic E-state index is 13.7. The number of aryl methyl sites for hydroxylation is 1. The van der Waals surface area contributed by atoms with Crippen molar-refractivity contribution >= 4 is 11.7 Å². The molecule has 5 nitrogen and oxygen atoms in total. The van der Waals surface area contributed by atoms with Crippen molar-refractivity contribution in [2.45, 2.75) is 25.3 Å². The standard InChI is InChI=1S/C17H17FN2O3/c1-23-12-6-5-11(7-10(18)8-12)20-17(22)13-9-19-14-3-2-4-15(21)16(13)14/h5-9,11,19H,2-4H2,1H3,(H,20,22). The van der Waals surface area contributed by atoms with Gasteiger partial charge in [-0.3, -0.25) is 9.59 Å². The van der Waals surface area contributed by atoms with Crippen LogP contribution in [0.2, 0.25) is 0 Å². The van der Waals surface area contributed by atoms with Gasteiger partial charge in [0.15, 0.2) is 5.78 Å². The number of hydrogen-bond donors (Lipinski definition) is 2. The second-order valence-corrected chi connectivity index (χ2v) is 5.49. The zero-order chi connectivity index (χ0) is 16.4. The zero-order valence-electron chi connectivity index (χ0n) is 12.7. The average Bonchev–Trinajstić information content (AvgIpc) is 2.88. The van der Waals surface area contributed by atoms with Crippen LogP contribution in [-0.2, 0) is 11.2 Å². The van der Waals surface area contributed by atoms with Gasteiger partial charge in [0, 0.05) is 24.4 Å². The summed E-state index contributed by atoms with van der Waals surface area (Å²) in [7, 11) is 1.44. The minimum absolute atomic E-state index is 0.0286. The minimum atomic E-state index is -0.615. The molecule has 1 aromatic heterocycles. The number of H-pyrrole nitrogens is 1. The molecule has 0 bridgehead atoms. The Morgan fingerprint density at radius 1 is 1.43 bits per heavy atom. The van der Waals surface area contributed by atoms with Gasteiger partial charge in [0.05, 0.1) is 24.3 Å². The van der Waals surface area contributed by atoms with Gasteiger partial charge in [0.2, 0.25) is 0 Å². The Kier molecular flexibility index (Phi) is 4.14. The van der Waals surface area contributed by atoms with E-state index in [1.807, 2.05) is 0 Å². The van der Waals surface area contributed by atoms with E-state index < -0.39 is 17.8 Å². The molecule has 1 atom stereocenters. The molecule has 2 N–H and O–H groups in total. The van der Waals surface area contributed by atoms with Crippen LogP contribution in [0.15, 0.2) is 42.1 Å². The van der Waals surface area contributed by atoms with Gasteiger partial charge >= 0.3 is 0 Å². The van der Waals surface area contributed by atoms with Crippen molar-refractivity contribution in [2.24, 2.45) is 0 Å². The van der Waals surface area contributed by atoms with Gasteiger partial charge in [-0.15, -0.1) is 0 Å². The van der Waals surface area contributed by atoms with Gasteiger partial charge in [-0.25, -0.2) is 4.39 Å². The molecule has 2 aliphatic rings. The quantitative estimate of drug-likeness (QED) is 0.900. The Morgan fingerprint density at radius 2 is 2.26 bits per heavy atom. The molecule has 1 amide bonds. The van der Waals surface area contributed by atoms with E-state index in [4.69, 9.17) is 4.74 Å². The van der Waals surface area contributed by atoms with Gasteiger partial charge in [0.1, 0.15) is 11.6 Å². The van der Waals surface area contributed by atoms with E-state index in [1.54, 1.807) is 18.3 Å². The highest BCUT2D eigenvalue weighted by molar-refractivity contribution is 6.09. The zero-order valence-corrected chi connectivity index (χ0v) is 12.7. The van der Waals surface area contributed by atoms with Crippen molar-refractivity contribution in [3.8, 4) is 0 Å². The summed E-state index contributed by atoms with van der Waals surface area (Å²) in [4.78, 5) is 27.5. The van der Waals surface area contributed by atoms with Crippen LogP contribution >= 0.6 is 0 Å². The number of halogens is 1. The van der Waals surface area contributed by atoms with Crippen molar-refractivity contribution in [3.63, 3.8) is 0 Å². The first-order valence-corrected chi connectivity index (χ1v) is 7.44. The number of hydrogen-bond acceptors (Lipinski definition) is 3. The van der Waals surface area contributed by atoms with Crippen LogP contribution in [0.25, 0.3) is 0 Å². The average molecular weight is 316 g/mol. The lowest BCUT2D eigenvalue weighted by molar-refractivity contribution is 0.0925. The van der Waals surface area contributed by atoms with Crippen molar-refractivity contribution in [2.75, 3.05) is 7.11 Å². The highest BCUT2D eigenvalue weighted by atomic mass is 19.1. The summed E-state index contributed by atoms with van der Waals surface area (Å²) in [5.41, 5.74) is 1.58. The van der Waals surface area contributed by atoms with Crippen molar-refractivity contribution in [1.82, 2.24) is 10.3 Å². The van der Waals surface area contributed by atoms with Crippen LogP contribution in [0.1, 0.15) is 39.3 Å². The molecule has 0 radical (unpaired) electrons. The third-order valence-electron chi connectivity index (χ3n) is 3.94. The number of ketones is 1. The lowest BCUT2D eigenvalue weighted by Crippen LogP contribution is -2.33. The third kappa shape index (κ3) is 3.11. The van der Waals surface area contributed by atoms with E-state index in [9.17, 15) is 14.0 Å². The fourth-order valence-corrected chi connectivity index (χ4v) is 2.82. The topological polar surface area (TPSA) is 71.2 Å². The summed E-state index contributed by atoms with van der Waals surface area (Å²) < 4.78 is 18.7. The van der Waals surface area contributed by atoms with Crippen molar-refractivity contribution in [1.29, 1.82) is 0 Å². The summed E-state index contributed by atoms with van der Waals surface area (Å²) in [6, 6.07) is -0.615. The van der Waals surface area contributed by atoms with E-state index >= 15 is 0 Å². The molecular formula is C17H17FN2O3. The maximum Gasteiger partial charge on any atom is 0.254 e. The van der Waals surface area contributed by atoms with Crippen LogP contribution in [0.3, 0.4) is 0 Å². The molecule has 23 heavy (non-hydrogen) atoms. The molecule has 0 aliphatic heterocycles. The van der Waals surface area contributed by atoms with Gasteiger partial charge < -0.3 is 15.0 Å². The summed E-state index contributed by atoms with van der Waals surface area (Å²) in [5, 5.41) is 2.70. The molecule has 1 aromatic rings. The first-order valence-electron chi connectivity index (χ1n) is 7.44. The van der Waals surface area contributed by atoms with Gasteiger partial charge in [-0.2, -0.15) is 0 Å². The van der Waals surface area contributed by atoms with Gasteiger partial charge in [-0.05, 0) is 25.0 Å². The number of amides is 1. The maximum absolute atomic E-state index is 13.7. The third-order valence-corrected chi connectivity index (χ3v) is 3.94. The number of rotatable bonds is 3. The number of allylic oxidation sites excluding steroid dienone is 3. The molecule has 1 unspecified atom stereocenters. The number of fused-ring (bicyclic) bond motifs is 1. The van der Waals surface area contributed by atoms with E-state index in [0.717, 1.165) is 18.5 Å². The van der Waals surface area contributed by atoms with E-state index in [1.165, 1.54) is 19.3 Å². The largest absolute Gasteiger partial charge is 0.497 e. The Labute approximate surface area is 132 Å². The number of Topliss-reactive ketones (excluding diaryl/α,β-unsaturated/α-hetero) is 1. The molecule has 2 aliphatic carbocycles. The summed E-state index contributed by atoms with van der Waals surface area (Å²) >= 11 is 0. The Bertz CT molecular complexity index is 743. The minimum Gasteiger partial charge on any atom is -0.497 e. The van der Waals surface area contributed by atoms with Crippen LogP contribution in [0, 0.1) is 0 Å². The van der Waals surface area contributed by atoms with E-state index in [2.05, 4.69) is 10.3 Å². The summed E-state index contributed by atoms with van der Waals surface area (Å²) in [5.74, 6) is -0.564. The second-order valence-electron chi connectivity index (χ2n) is 5.49. The summed E-state index contributed by atoms with van der Waals surface area (Å²) in [6.07, 6.45) is 9.27. The number of aromatic nitrogens is 1. The lowest BCUT2D eigenvalue weighted by atomic mass is 9.93. The van der Waals surface area contributed by atoms with Crippen LogP contribution < -0.4 is 5.32 Å². The number of carbonyl (C=O) groups is 2. The number of methoxy groups -OCH3 is 1. The Hall–Kier alpha value is -2.63. The fraction of sp³-hybridized carbons (Fsp3) is 0.294. The van der Waals surface area contributed by atoms with E-state index in [0.29, 0.717) is 23.3 Å². The SMILES string of the molecule is COC1=CC(F)=CC(NC(=O)c2c[nH]c3c2C(=O)CCC3)C=C1. The lowest BCUT2D eigenvalue weighted by Gasteiger charge is -2.13. The predicted molar refractivity (Wildman–Crippen MR) is 82.7 cm³/mol. The smallest absolute Gasteiger partial charge is 0.254 e. The van der Waals surface area contributed by atoms with Crippen LogP contribution in [0.4, 0.5) is 4.39 Å². The molecule has 3 rings (SSSR count). The van der Waals surface area contributed by atoms with Crippen LogP contribution in [0.5, 0.6) is 0 Å². The first kappa shape index (κ1) is 15.3. The second kappa shape index (κ2) is 6.24. The van der Waals surface area contributed by atoms with Crippen molar-refractivity contribution < 1.29 is 18.7 Å². The van der Waals surface area contributed by atoms with Crippen molar-refractivity contribution in [3.05, 3.63) is 58.9 Å². The molecule has 0 saturated heterocycles. The van der Waals surface area contributed by atoms with Crippen LogP contribution in [-0.4, -0.2) is 29.8 Å². The first-order chi connectivity index (χ1) is 11.1. The highest BCUT2D eigenvalue weighted by Gasteiger charge is 2.26. The van der Waals surface area contributed by atoms with Gasteiger partial charge in [0.25, 0.3) is 5.91 Å². The molecule has 120 valence electrons. The molecular weight excluding hydrogens is 299 g/mol. The number of ether oxygens (including phenoxy) is 1. The number of aromatic amines is 1. The Balaban J connectivity index is 1.80. The molecule has 0 saturated carbocycles. The van der Waals surface area contributed by atoms with Gasteiger partial charge in [-0.1, -0.05) is 6.08 Å².